The van der Waals surface area contributed by atoms with Crippen molar-refractivity contribution in [2.24, 2.45) is 5.92 Å². The van der Waals surface area contributed by atoms with E-state index in [-0.39, 0.29) is 6.04 Å². The molecular weight excluding hydrogens is 250 g/mol. The Hall–Kier alpha value is -1.06. The Bertz CT molecular complexity index is 391. The van der Waals surface area contributed by atoms with Crippen LogP contribution in [0.2, 0.25) is 0 Å². The van der Waals surface area contributed by atoms with Gasteiger partial charge in [-0.25, -0.2) is 0 Å². The maximum Gasteiger partial charge on any atom is 0.123 e. The van der Waals surface area contributed by atoms with Gasteiger partial charge in [-0.1, -0.05) is 26.0 Å². The van der Waals surface area contributed by atoms with Crippen molar-refractivity contribution in [3.05, 3.63) is 29.3 Å². The fourth-order valence-electron chi connectivity index (χ4n) is 2.05. The molecule has 20 heavy (non-hydrogen) atoms. The third kappa shape index (κ3) is 5.93. The second kappa shape index (κ2) is 8.98. The smallest absolute Gasteiger partial charge is 0.123 e. The molecule has 0 saturated carbocycles. The monoisotopic (exact) mass is 279 g/mol. The van der Waals surface area contributed by atoms with Crippen molar-refractivity contribution in [3.8, 4) is 5.75 Å². The summed E-state index contributed by atoms with van der Waals surface area (Å²) in [6.07, 6.45) is 1.13. The van der Waals surface area contributed by atoms with Gasteiger partial charge in [0.05, 0.1) is 13.7 Å². The van der Waals surface area contributed by atoms with Crippen molar-refractivity contribution in [1.29, 1.82) is 0 Å². The largest absolute Gasteiger partial charge is 0.496 e. The summed E-state index contributed by atoms with van der Waals surface area (Å²) in [5, 5.41) is 3.48. The van der Waals surface area contributed by atoms with E-state index >= 15 is 0 Å². The highest BCUT2D eigenvalue weighted by molar-refractivity contribution is 5.38. The summed E-state index contributed by atoms with van der Waals surface area (Å²) in [6.45, 7) is 11.1. The van der Waals surface area contributed by atoms with Crippen molar-refractivity contribution < 1.29 is 9.47 Å². The van der Waals surface area contributed by atoms with Gasteiger partial charge in [-0.3, -0.25) is 0 Å². The SMILES string of the molecule is COc1cc(C)ccc1C(C)NCCOCCC(C)C. The molecule has 0 aliphatic heterocycles. The van der Waals surface area contributed by atoms with E-state index in [9.17, 15) is 0 Å². The average molecular weight is 279 g/mol. The number of benzene rings is 1. The van der Waals surface area contributed by atoms with Gasteiger partial charge in [0.25, 0.3) is 0 Å². The number of methoxy groups -OCH3 is 1. The second-order valence-electron chi connectivity index (χ2n) is 5.72. The van der Waals surface area contributed by atoms with Crippen LogP contribution in [0.4, 0.5) is 0 Å². The predicted molar refractivity (Wildman–Crippen MR) is 84.4 cm³/mol. The molecule has 0 fully saturated rings. The molecule has 0 amide bonds. The van der Waals surface area contributed by atoms with E-state index in [1.54, 1.807) is 7.11 Å². The first-order chi connectivity index (χ1) is 9.54. The molecule has 0 spiro atoms. The van der Waals surface area contributed by atoms with Gasteiger partial charge in [0, 0.05) is 24.8 Å². The Morgan fingerprint density at radius 2 is 1.90 bits per heavy atom. The molecule has 0 saturated heterocycles. The summed E-state index contributed by atoms with van der Waals surface area (Å²) < 4.78 is 11.1. The van der Waals surface area contributed by atoms with Gasteiger partial charge in [-0.2, -0.15) is 0 Å². The van der Waals surface area contributed by atoms with Gasteiger partial charge in [-0.15, -0.1) is 0 Å². The highest BCUT2D eigenvalue weighted by atomic mass is 16.5. The number of ether oxygens (including phenoxy) is 2. The van der Waals surface area contributed by atoms with E-state index in [1.165, 1.54) is 11.1 Å². The third-order valence-electron chi connectivity index (χ3n) is 3.39. The number of hydrogen-bond acceptors (Lipinski definition) is 3. The third-order valence-corrected chi connectivity index (χ3v) is 3.39. The van der Waals surface area contributed by atoms with Gasteiger partial charge < -0.3 is 14.8 Å². The van der Waals surface area contributed by atoms with Gasteiger partial charge in [0.1, 0.15) is 5.75 Å². The van der Waals surface area contributed by atoms with Crippen LogP contribution < -0.4 is 10.1 Å². The van der Waals surface area contributed by atoms with Crippen molar-refractivity contribution in [2.75, 3.05) is 26.9 Å². The molecule has 114 valence electrons. The first-order valence-corrected chi connectivity index (χ1v) is 7.50. The molecule has 1 aromatic carbocycles. The summed E-state index contributed by atoms with van der Waals surface area (Å²) >= 11 is 0. The lowest BCUT2D eigenvalue weighted by Gasteiger charge is -2.18. The Kier molecular flexibility index (Phi) is 7.63. The Morgan fingerprint density at radius 1 is 1.15 bits per heavy atom. The van der Waals surface area contributed by atoms with Crippen LogP contribution in [0.15, 0.2) is 18.2 Å². The van der Waals surface area contributed by atoms with Gasteiger partial charge >= 0.3 is 0 Å². The molecule has 0 radical (unpaired) electrons. The molecule has 3 heteroatoms. The molecule has 0 aliphatic carbocycles. The molecule has 0 bridgehead atoms. The summed E-state index contributed by atoms with van der Waals surface area (Å²) in [7, 11) is 1.72. The molecule has 1 unspecified atom stereocenters. The van der Waals surface area contributed by atoms with E-state index in [1.807, 2.05) is 0 Å². The lowest BCUT2D eigenvalue weighted by Crippen LogP contribution is -2.24. The number of nitrogens with one attached hydrogen (secondary N) is 1. The topological polar surface area (TPSA) is 30.5 Å². The summed E-state index contributed by atoms with van der Waals surface area (Å²) in [5.74, 6) is 1.66. The fourth-order valence-corrected chi connectivity index (χ4v) is 2.05. The molecule has 3 nitrogen and oxygen atoms in total. The van der Waals surface area contributed by atoms with Crippen molar-refractivity contribution in [1.82, 2.24) is 5.32 Å². The molecule has 1 aromatic rings. The van der Waals surface area contributed by atoms with Gasteiger partial charge in [-0.05, 0) is 37.8 Å². The highest BCUT2D eigenvalue weighted by Crippen LogP contribution is 2.25. The zero-order valence-corrected chi connectivity index (χ0v) is 13.5. The molecule has 0 aliphatic rings. The van der Waals surface area contributed by atoms with Gasteiger partial charge in [0.15, 0.2) is 0 Å². The van der Waals surface area contributed by atoms with Crippen molar-refractivity contribution >= 4 is 0 Å². The van der Waals surface area contributed by atoms with Crippen LogP contribution in [0.1, 0.15) is 44.4 Å². The van der Waals surface area contributed by atoms with Crippen LogP contribution >= 0.6 is 0 Å². The van der Waals surface area contributed by atoms with E-state index in [0.29, 0.717) is 5.92 Å². The summed E-state index contributed by atoms with van der Waals surface area (Å²) in [5.41, 5.74) is 2.41. The van der Waals surface area contributed by atoms with Crippen LogP contribution in [0.25, 0.3) is 0 Å². The number of rotatable bonds is 9. The Balaban J connectivity index is 2.34. The van der Waals surface area contributed by atoms with Crippen LogP contribution in [-0.2, 0) is 4.74 Å². The molecule has 1 N–H and O–H groups in total. The second-order valence-corrected chi connectivity index (χ2v) is 5.72. The average Bonchev–Trinajstić information content (AvgIpc) is 2.41. The minimum Gasteiger partial charge on any atom is -0.496 e. The lowest BCUT2D eigenvalue weighted by molar-refractivity contribution is 0.123. The molecule has 0 heterocycles. The number of hydrogen-bond donors (Lipinski definition) is 1. The highest BCUT2D eigenvalue weighted by Gasteiger charge is 2.10. The van der Waals surface area contributed by atoms with Crippen LogP contribution in [-0.4, -0.2) is 26.9 Å². The summed E-state index contributed by atoms with van der Waals surface area (Å²) in [4.78, 5) is 0. The van der Waals surface area contributed by atoms with Crippen LogP contribution in [0, 0.1) is 12.8 Å². The maximum atomic E-state index is 5.61. The first-order valence-electron chi connectivity index (χ1n) is 7.50. The standard InChI is InChI=1S/C17H29NO2/c1-13(2)8-10-20-11-9-18-15(4)16-7-6-14(3)12-17(16)19-5/h6-7,12-13,15,18H,8-11H2,1-5H3. The fraction of sp³-hybridized carbons (Fsp3) is 0.647. The van der Waals surface area contributed by atoms with Crippen molar-refractivity contribution in [2.45, 2.75) is 40.2 Å². The minimum absolute atomic E-state index is 0.263. The van der Waals surface area contributed by atoms with E-state index < -0.39 is 0 Å². The molecule has 0 aromatic heterocycles. The van der Waals surface area contributed by atoms with E-state index in [0.717, 1.165) is 31.9 Å². The van der Waals surface area contributed by atoms with Gasteiger partial charge in [0.2, 0.25) is 0 Å². The van der Waals surface area contributed by atoms with Crippen LogP contribution in [0.3, 0.4) is 0 Å². The summed E-state index contributed by atoms with van der Waals surface area (Å²) in [6, 6.07) is 6.59. The van der Waals surface area contributed by atoms with E-state index in [4.69, 9.17) is 9.47 Å². The molecule has 1 atom stereocenters. The zero-order valence-electron chi connectivity index (χ0n) is 13.5. The predicted octanol–water partition coefficient (Wildman–Crippen LogP) is 3.72. The molecule has 1 rings (SSSR count). The molecular formula is C17H29NO2. The first kappa shape index (κ1) is 17.0. The number of aryl methyl sites for hydroxylation is 1. The zero-order chi connectivity index (χ0) is 15.0. The van der Waals surface area contributed by atoms with Crippen molar-refractivity contribution in [3.63, 3.8) is 0 Å². The lowest BCUT2D eigenvalue weighted by atomic mass is 10.1. The minimum atomic E-state index is 0.263. The normalized spacial score (nSPS) is 12.7. The maximum absolute atomic E-state index is 5.61. The quantitative estimate of drug-likeness (QED) is 0.699. The van der Waals surface area contributed by atoms with Crippen LogP contribution in [0.5, 0.6) is 5.75 Å². The Morgan fingerprint density at radius 3 is 2.55 bits per heavy atom. The Labute approximate surface area is 123 Å². The van der Waals surface area contributed by atoms with E-state index in [2.05, 4.69) is 51.2 Å².